The molecule has 1 aromatic carbocycles. The molecule has 2 rings (SSSR count). The number of hydrogen-bond donors (Lipinski definition) is 2. The monoisotopic (exact) mass is 234 g/mol. The van der Waals surface area contributed by atoms with Crippen LogP contribution in [0.3, 0.4) is 0 Å². The van der Waals surface area contributed by atoms with Gasteiger partial charge in [-0.05, 0) is 18.6 Å². The Morgan fingerprint density at radius 2 is 2.18 bits per heavy atom. The Morgan fingerprint density at radius 3 is 2.76 bits per heavy atom. The highest BCUT2D eigenvalue weighted by molar-refractivity contribution is 5.32. The molecule has 5 heteroatoms. The van der Waals surface area contributed by atoms with Crippen molar-refractivity contribution in [2.24, 2.45) is 12.9 Å². The molecule has 0 aliphatic heterocycles. The molecule has 0 fully saturated rings. The molecule has 0 saturated carbocycles. The molecule has 1 unspecified atom stereocenters. The van der Waals surface area contributed by atoms with Gasteiger partial charge in [-0.3, -0.25) is 10.5 Å². The Balaban J connectivity index is 2.50. The predicted octanol–water partition coefficient (Wildman–Crippen LogP) is 1.42. The molecule has 0 radical (unpaired) electrons. The van der Waals surface area contributed by atoms with Crippen molar-refractivity contribution in [3.63, 3.8) is 0 Å². The van der Waals surface area contributed by atoms with Crippen LogP contribution >= 0.6 is 0 Å². The lowest BCUT2D eigenvalue weighted by molar-refractivity contribution is 0.529. The summed E-state index contributed by atoms with van der Waals surface area (Å²) in [6, 6.07) is 6.68. The van der Waals surface area contributed by atoms with Crippen LogP contribution in [0.15, 0.2) is 30.5 Å². The van der Waals surface area contributed by atoms with Crippen LogP contribution in [0.4, 0.5) is 4.39 Å². The molecule has 0 saturated heterocycles. The summed E-state index contributed by atoms with van der Waals surface area (Å²) < 4.78 is 15.7. The summed E-state index contributed by atoms with van der Waals surface area (Å²) in [5.74, 6) is 5.29. The third kappa shape index (κ3) is 2.07. The van der Waals surface area contributed by atoms with Gasteiger partial charge in [0.2, 0.25) is 0 Å². The van der Waals surface area contributed by atoms with E-state index in [1.54, 1.807) is 37.0 Å². The maximum absolute atomic E-state index is 14.0. The van der Waals surface area contributed by atoms with Crippen LogP contribution in [-0.4, -0.2) is 9.78 Å². The molecule has 1 atom stereocenters. The quantitative estimate of drug-likeness (QED) is 0.624. The zero-order chi connectivity index (χ0) is 12.4. The highest BCUT2D eigenvalue weighted by Crippen LogP contribution is 2.24. The Bertz CT molecular complexity index is 521. The van der Waals surface area contributed by atoms with Crippen molar-refractivity contribution >= 4 is 0 Å². The Labute approximate surface area is 99.2 Å². The lowest BCUT2D eigenvalue weighted by Crippen LogP contribution is -2.31. The standard InChI is InChI=1S/C12H15FN4/c1-8-4-3-5-9(11(8)13)12(16-14)10-6-7-15-17(10)2/h3-7,12,16H,14H2,1-2H3. The lowest BCUT2D eigenvalue weighted by atomic mass is 10.0. The molecule has 90 valence electrons. The highest BCUT2D eigenvalue weighted by Gasteiger charge is 2.19. The number of nitrogens with two attached hydrogens (primary N) is 1. The van der Waals surface area contributed by atoms with Crippen molar-refractivity contribution in [3.05, 3.63) is 53.1 Å². The van der Waals surface area contributed by atoms with Crippen molar-refractivity contribution in [1.82, 2.24) is 15.2 Å². The normalized spacial score (nSPS) is 12.7. The minimum absolute atomic E-state index is 0.239. The fourth-order valence-electron chi connectivity index (χ4n) is 1.89. The third-order valence-electron chi connectivity index (χ3n) is 2.85. The summed E-state index contributed by atoms with van der Waals surface area (Å²) in [5, 5.41) is 4.06. The predicted molar refractivity (Wildman–Crippen MR) is 63.5 cm³/mol. The van der Waals surface area contributed by atoms with Crippen molar-refractivity contribution in [2.75, 3.05) is 0 Å². The van der Waals surface area contributed by atoms with E-state index in [4.69, 9.17) is 5.84 Å². The second kappa shape index (κ2) is 4.65. The molecule has 0 spiro atoms. The van der Waals surface area contributed by atoms with Crippen LogP contribution in [0.2, 0.25) is 0 Å². The van der Waals surface area contributed by atoms with Crippen LogP contribution in [0.5, 0.6) is 0 Å². The van der Waals surface area contributed by atoms with Gasteiger partial charge in [0.25, 0.3) is 0 Å². The van der Waals surface area contributed by atoms with Crippen LogP contribution in [0.25, 0.3) is 0 Å². The first-order valence-electron chi connectivity index (χ1n) is 5.34. The van der Waals surface area contributed by atoms with Crippen molar-refractivity contribution < 1.29 is 4.39 Å². The Kier molecular flexibility index (Phi) is 3.21. The van der Waals surface area contributed by atoms with E-state index in [1.807, 2.05) is 12.1 Å². The maximum atomic E-state index is 14.0. The molecule has 0 bridgehead atoms. The minimum Gasteiger partial charge on any atom is -0.271 e. The minimum atomic E-state index is -0.401. The van der Waals surface area contributed by atoms with Gasteiger partial charge in [0.1, 0.15) is 5.82 Å². The number of hydrazine groups is 1. The van der Waals surface area contributed by atoms with Gasteiger partial charge in [0, 0.05) is 18.8 Å². The number of nitrogens with one attached hydrogen (secondary N) is 1. The number of aromatic nitrogens is 2. The molecule has 17 heavy (non-hydrogen) atoms. The van der Waals surface area contributed by atoms with Gasteiger partial charge in [-0.1, -0.05) is 18.2 Å². The topological polar surface area (TPSA) is 55.9 Å². The zero-order valence-electron chi connectivity index (χ0n) is 9.81. The van der Waals surface area contributed by atoms with E-state index < -0.39 is 6.04 Å². The van der Waals surface area contributed by atoms with E-state index in [-0.39, 0.29) is 5.82 Å². The molecule has 1 aromatic heterocycles. The van der Waals surface area contributed by atoms with E-state index in [0.717, 1.165) is 5.69 Å². The fourth-order valence-corrected chi connectivity index (χ4v) is 1.89. The molecule has 2 aromatic rings. The number of hydrogen-bond acceptors (Lipinski definition) is 3. The fraction of sp³-hybridized carbons (Fsp3) is 0.250. The number of benzene rings is 1. The summed E-state index contributed by atoms with van der Waals surface area (Å²) in [6.45, 7) is 1.73. The van der Waals surface area contributed by atoms with Gasteiger partial charge < -0.3 is 0 Å². The van der Waals surface area contributed by atoms with Gasteiger partial charge in [0.15, 0.2) is 0 Å². The Hall–Kier alpha value is -1.72. The molecular weight excluding hydrogens is 219 g/mol. The van der Waals surface area contributed by atoms with E-state index in [2.05, 4.69) is 10.5 Å². The first-order valence-corrected chi connectivity index (χ1v) is 5.34. The smallest absolute Gasteiger partial charge is 0.131 e. The number of nitrogens with zero attached hydrogens (tertiary/aromatic N) is 2. The number of rotatable bonds is 3. The van der Waals surface area contributed by atoms with Crippen molar-refractivity contribution in [2.45, 2.75) is 13.0 Å². The van der Waals surface area contributed by atoms with Gasteiger partial charge in [-0.2, -0.15) is 5.10 Å². The molecule has 1 heterocycles. The third-order valence-corrected chi connectivity index (χ3v) is 2.85. The summed E-state index contributed by atoms with van der Waals surface area (Å²) in [5.41, 5.74) is 4.57. The molecule has 4 nitrogen and oxygen atoms in total. The van der Waals surface area contributed by atoms with Crippen LogP contribution in [0.1, 0.15) is 22.9 Å². The number of halogens is 1. The average molecular weight is 234 g/mol. The SMILES string of the molecule is Cc1cccc(C(NN)c2ccnn2C)c1F. The molecular formula is C12H15FN4. The average Bonchev–Trinajstić information content (AvgIpc) is 2.72. The van der Waals surface area contributed by atoms with E-state index in [9.17, 15) is 4.39 Å². The van der Waals surface area contributed by atoms with Gasteiger partial charge in [-0.25, -0.2) is 9.82 Å². The highest BCUT2D eigenvalue weighted by atomic mass is 19.1. The molecule has 3 N–H and O–H groups in total. The van der Waals surface area contributed by atoms with Crippen molar-refractivity contribution in [3.8, 4) is 0 Å². The van der Waals surface area contributed by atoms with Gasteiger partial charge in [0.05, 0.1) is 11.7 Å². The zero-order valence-corrected chi connectivity index (χ0v) is 9.81. The number of aryl methyl sites for hydroxylation is 2. The first-order chi connectivity index (χ1) is 8.15. The first kappa shape index (κ1) is 11.8. The maximum Gasteiger partial charge on any atom is 0.131 e. The summed E-state index contributed by atoms with van der Waals surface area (Å²) in [6.07, 6.45) is 1.66. The Morgan fingerprint density at radius 1 is 1.41 bits per heavy atom. The van der Waals surface area contributed by atoms with Crippen LogP contribution in [-0.2, 0) is 7.05 Å². The summed E-state index contributed by atoms with van der Waals surface area (Å²) in [4.78, 5) is 0. The van der Waals surface area contributed by atoms with Gasteiger partial charge >= 0.3 is 0 Å². The largest absolute Gasteiger partial charge is 0.271 e. The summed E-state index contributed by atoms with van der Waals surface area (Å²) in [7, 11) is 1.80. The lowest BCUT2D eigenvalue weighted by Gasteiger charge is -2.18. The molecule has 0 aliphatic carbocycles. The van der Waals surface area contributed by atoms with Crippen molar-refractivity contribution in [1.29, 1.82) is 0 Å². The van der Waals surface area contributed by atoms with E-state index >= 15 is 0 Å². The molecule has 0 aliphatic rings. The van der Waals surface area contributed by atoms with E-state index in [1.165, 1.54) is 0 Å². The van der Waals surface area contributed by atoms with Crippen LogP contribution < -0.4 is 11.3 Å². The molecule has 0 amide bonds. The van der Waals surface area contributed by atoms with Crippen LogP contribution in [0, 0.1) is 12.7 Å². The summed E-state index contributed by atoms with van der Waals surface area (Å²) >= 11 is 0. The van der Waals surface area contributed by atoms with Gasteiger partial charge in [-0.15, -0.1) is 0 Å². The second-order valence-electron chi connectivity index (χ2n) is 3.96. The van der Waals surface area contributed by atoms with E-state index in [0.29, 0.717) is 11.1 Å². The second-order valence-corrected chi connectivity index (χ2v) is 3.96.